The Bertz CT molecular complexity index is 1450. The van der Waals surface area contributed by atoms with E-state index in [1.165, 1.54) is 0 Å². The van der Waals surface area contributed by atoms with Crippen LogP contribution in [0.1, 0.15) is 34.8 Å². The third kappa shape index (κ3) is 10.6. The number of phosphoric ester groups is 1. The van der Waals surface area contributed by atoms with Gasteiger partial charge in [-0.25, -0.2) is 4.57 Å². The van der Waals surface area contributed by atoms with Gasteiger partial charge in [0, 0.05) is 5.56 Å². The second-order valence-corrected chi connectivity index (χ2v) is 9.62. The van der Waals surface area contributed by atoms with Gasteiger partial charge in [0.25, 0.3) is 0 Å². The average molecular weight is 565 g/mol. The SMILES string of the molecule is O=P(O)(O)OCCOc1ccc(C=Cc2ccccc2)c(C=Cc2ccccc2)c1C=Cc1ccccc1.[H-].[K+]. The van der Waals surface area contributed by atoms with E-state index in [1.54, 1.807) is 0 Å². The van der Waals surface area contributed by atoms with E-state index in [4.69, 9.17) is 14.5 Å². The van der Waals surface area contributed by atoms with Crippen LogP contribution in [0.25, 0.3) is 36.5 Å². The van der Waals surface area contributed by atoms with E-state index in [1.807, 2.05) is 115 Å². The first-order chi connectivity index (χ1) is 18.5. The Hall–Kier alpha value is -2.35. The first-order valence-electron chi connectivity index (χ1n) is 12.2. The summed E-state index contributed by atoms with van der Waals surface area (Å²) < 4.78 is 21.6. The van der Waals surface area contributed by atoms with Gasteiger partial charge < -0.3 is 16.0 Å². The Morgan fingerprint density at radius 1 is 0.590 bits per heavy atom. The van der Waals surface area contributed by atoms with Crippen LogP contribution in [0.2, 0.25) is 0 Å². The third-order valence-electron chi connectivity index (χ3n) is 5.62. The molecule has 0 aliphatic heterocycles. The average Bonchev–Trinajstić information content (AvgIpc) is 2.93. The van der Waals surface area contributed by atoms with Gasteiger partial charge in [0.15, 0.2) is 0 Å². The smallest absolute Gasteiger partial charge is 1.00 e. The second-order valence-electron chi connectivity index (χ2n) is 8.38. The molecule has 5 nitrogen and oxygen atoms in total. The fraction of sp³-hybridized carbons (Fsp3) is 0.0625. The first kappa shape index (κ1) is 31.2. The van der Waals surface area contributed by atoms with Crippen molar-refractivity contribution >= 4 is 44.3 Å². The summed E-state index contributed by atoms with van der Waals surface area (Å²) in [5, 5.41) is 0. The van der Waals surface area contributed by atoms with E-state index in [0.717, 1.165) is 33.4 Å². The number of hydrogen-bond donors (Lipinski definition) is 2. The molecule has 0 aliphatic rings. The number of benzene rings is 4. The summed E-state index contributed by atoms with van der Waals surface area (Å²) in [5.41, 5.74) is 5.96. The number of hydrogen-bond acceptors (Lipinski definition) is 3. The Kier molecular flexibility index (Phi) is 12.8. The van der Waals surface area contributed by atoms with Gasteiger partial charge in [0.2, 0.25) is 0 Å². The zero-order chi connectivity index (χ0) is 26.6. The Labute approximate surface area is 273 Å². The van der Waals surface area contributed by atoms with Gasteiger partial charge in [-0.1, -0.05) is 134 Å². The molecule has 39 heavy (non-hydrogen) atoms. The third-order valence-corrected chi connectivity index (χ3v) is 6.14. The monoisotopic (exact) mass is 564 g/mol. The molecule has 0 aromatic heterocycles. The maximum absolute atomic E-state index is 11.1. The van der Waals surface area contributed by atoms with Gasteiger partial charge >= 0.3 is 59.2 Å². The predicted octanol–water partition coefficient (Wildman–Crippen LogP) is 4.80. The van der Waals surface area contributed by atoms with Crippen molar-refractivity contribution in [2.75, 3.05) is 13.2 Å². The van der Waals surface area contributed by atoms with Crippen LogP contribution in [0, 0.1) is 0 Å². The van der Waals surface area contributed by atoms with E-state index in [0.29, 0.717) is 5.75 Å². The molecular weight excluding hydrogens is 534 g/mol. The van der Waals surface area contributed by atoms with Crippen LogP contribution in [0.5, 0.6) is 5.75 Å². The van der Waals surface area contributed by atoms with E-state index in [-0.39, 0.29) is 66.0 Å². The summed E-state index contributed by atoms with van der Waals surface area (Å²) in [7, 11) is -4.57. The zero-order valence-corrected chi connectivity index (χ0v) is 25.8. The normalized spacial score (nSPS) is 11.7. The summed E-state index contributed by atoms with van der Waals surface area (Å²) in [4.78, 5) is 18.0. The predicted molar refractivity (Wildman–Crippen MR) is 157 cm³/mol. The molecule has 0 spiro atoms. The Balaban J connectivity index is 0.00000280. The molecule has 194 valence electrons. The quantitative estimate of drug-likeness (QED) is 0.118. The molecule has 2 N–H and O–H groups in total. The van der Waals surface area contributed by atoms with Crippen molar-refractivity contribution in [3.8, 4) is 5.75 Å². The van der Waals surface area contributed by atoms with Crippen LogP contribution in [0.3, 0.4) is 0 Å². The molecule has 0 atom stereocenters. The molecule has 0 heterocycles. The van der Waals surface area contributed by atoms with Crippen molar-refractivity contribution in [3.05, 3.63) is 137 Å². The summed E-state index contributed by atoms with van der Waals surface area (Å²) in [5.74, 6) is 0.580. The summed E-state index contributed by atoms with van der Waals surface area (Å²) in [6, 6.07) is 33.9. The molecule has 0 saturated heterocycles. The van der Waals surface area contributed by atoms with Crippen molar-refractivity contribution in [2.45, 2.75) is 0 Å². The molecule has 0 saturated carbocycles. The standard InChI is InChI=1S/C32H29O5P.K.H/c33-38(34,35)37-25-24-36-32-23-20-29(19-16-26-10-4-1-5-11-26)30(21-17-27-12-6-2-7-13-27)31(32)22-18-28-14-8-3-9-15-28;;/h1-23H,24-25H2,(H2,33,34,35);;/q;+1;-1. The molecule has 0 aliphatic carbocycles. The fourth-order valence-electron chi connectivity index (χ4n) is 3.81. The zero-order valence-electron chi connectivity index (χ0n) is 22.8. The molecule has 0 unspecified atom stereocenters. The van der Waals surface area contributed by atoms with Gasteiger partial charge in [-0.15, -0.1) is 0 Å². The molecule has 0 bridgehead atoms. The molecule has 4 rings (SSSR count). The summed E-state index contributed by atoms with van der Waals surface area (Å²) >= 11 is 0. The molecule has 4 aromatic carbocycles. The van der Waals surface area contributed by atoms with Crippen LogP contribution in [0.4, 0.5) is 0 Å². The van der Waals surface area contributed by atoms with Gasteiger partial charge in [-0.2, -0.15) is 0 Å². The number of rotatable bonds is 11. The number of ether oxygens (including phenoxy) is 1. The van der Waals surface area contributed by atoms with Crippen LogP contribution >= 0.6 is 7.82 Å². The van der Waals surface area contributed by atoms with E-state index in [9.17, 15) is 4.57 Å². The maximum Gasteiger partial charge on any atom is 1.00 e. The van der Waals surface area contributed by atoms with Crippen LogP contribution < -0.4 is 56.1 Å². The minimum Gasteiger partial charge on any atom is -1.00 e. The van der Waals surface area contributed by atoms with Crippen molar-refractivity contribution in [1.29, 1.82) is 0 Å². The Morgan fingerprint density at radius 3 is 1.54 bits per heavy atom. The molecule has 0 amide bonds. The molecule has 0 radical (unpaired) electrons. The van der Waals surface area contributed by atoms with Crippen LogP contribution in [0.15, 0.2) is 103 Å². The van der Waals surface area contributed by atoms with Crippen LogP contribution in [-0.4, -0.2) is 23.0 Å². The number of phosphoric acid groups is 1. The summed E-state index contributed by atoms with van der Waals surface area (Å²) in [6.45, 7) is -0.255. The molecular formula is C32H30KO5P. The van der Waals surface area contributed by atoms with Crippen molar-refractivity contribution in [2.24, 2.45) is 0 Å². The fourth-order valence-corrected chi connectivity index (χ4v) is 4.12. The van der Waals surface area contributed by atoms with Crippen molar-refractivity contribution in [1.82, 2.24) is 0 Å². The van der Waals surface area contributed by atoms with Gasteiger partial charge in [-0.3, -0.25) is 4.52 Å². The van der Waals surface area contributed by atoms with E-state index < -0.39 is 7.82 Å². The van der Waals surface area contributed by atoms with Gasteiger partial charge in [0.1, 0.15) is 12.4 Å². The van der Waals surface area contributed by atoms with E-state index >= 15 is 0 Å². The van der Waals surface area contributed by atoms with Crippen molar-refractivity contribution in [3.63, 3.8) is 0 Å². The molecule has 4 aromatic rings. The van der Waals surface area contributed by atoms with Crippen LogP contribution in [-0.2, 0) is 9.09 Å². The summed E-state index contributed by atoms with van der Waals surface area (Å²) in [6.07, 6.45) is 12.3. The maximum atomic E-state index is 11.1. The Morgan fingerprint density at radius 2 is 1.05 bits per heavy atom. The van der Waals surface area contributed by atoms with E-state index in [2.05, 4.69) is 28.8 Å². The minimum atomic E-state index is -4.57. The largest absolute Gasteiger partial charge is 1.00 e. The molecule has 7 heteroatoms. The van der Waals surface area contributed by atoms with Gasteiger partial charge in [-0.05, 0) is 33.9 Å². The minimum absolute atomic E-state index is 0. The second kappa shape index (κ2) is 16.0. The molecule has 0 fully saturated rings. The topological polar surface area (TPSA) is 76.0 Å². The first-order valence-corrected chi connectivity index (χ1v) is 13.7. The van der Waals surface area contributed by atoms with Crippen molar-refractivity contribution < 1.29 is 76.4 Å². The van der Waals surface area contributed by atoms with Gasteiger partial charge in [0.05, 0.1) is 6.61 Å².